The molecule has 0 aromatic heterocycles. The van der Waals surface area contributed by atoms with Crippen molar-refractivity contribution < 1.29 is 0 Å². The Kier molecular flexibility index (Phi) is 2.71. The average molecular weight is 226 g/mol. The van der Waals surface area contributed by atoms with Gasteiger partial charge in [0.25, 0.3) is 0 Å². The van der Waals surface area contributed by atoms with E-state index in [1.165, 1.54) is 11.3 Å². The monoisotopic (exact) mass is 226 g/mol. The van der Waals surface area contributed by atoms with Crippen LogP contribution in [-0.2, 0) is 0 Å². The van der Waals surface area contributed by atoms with E-state index in [9.17, 15) is 0 Å². The van der Waals surface area contributed by atoms with Gasteiger partial charge in [-0.05, 0) is 31.1 Å². The molecule has 0 aromatic rings. The molecule has 1 aliphatic carbocycles. The van der Waals surface area contributed by atoms with Gasteiger partial charge in [-0.2, -0.15) is 0 Å². The third-order valence-corrected chi connectivity index (χ3v) is 3.75. The molecule has 2 heterocycles. The maximum Gasteiger partial charge on any atom is 0.0457 e. The first kappa shape index (κ1) is 10.6. The summed E-state index contributed by atoms with van der Waals surface area (Å²) >= 11 is 0. The predicted octanol–water partition coefficient (Wildman–Crippen LogP) is 3.07. The van der Waals surface area contributed by atoms with Gasteiger partial charge in [0, 0.05) is 43.0 Å². The van der Waals surface area contributed by atoms with E-state index in [-0.39, 0.29) is 0 Å². The van der Waals surface area contributed by atoms with E-state index >= 15 is 0 Å². The second-order valence-corrected chi connectivity index (χ2v) is 4.75. The van der Waals surface area contributed by atoms with E-state index < -0.39 is 0 Å². The van der Waals surface area contributed by atoms with Gasteiger partial charge in [-0.3, -0.25) is 4.99 Å². The minimum Gasteiger partial charge on any atom is -0.350 e. The highest BCUT2D eigenvalue weighted by Crippen LogP contribution is 2.35. The van der Waals surface area contributed by atoms with Gasteiger partial charge < -0.3 is 4.90 Å². The Morgan fingerprint density at radius 1 is 1.35 bits per heavy atom. The third kappa shape index (κ3) is 1.88. The maximum absolute atomic E-state index is 4.55. The van der Waals surface area contributed by atoms with Crippen molar-refractivity contribution in [3.8, 4) is 0 Å². The normalized spacial score (nSPS) is 32.4. The Bertz CT molecular complexity index is 452. The van der Waals surface area contributed by atoms with Crippen LogP contribution in [0.4, 0.5) is 0 Å². The predicted molar refractivity (Wildman–Crippen MR) is 71.8 cm³/mol. The highest BCUT2D eigenvalue weighted by molar-refractivity contribution is 5.96. The van der Waals surface area contributed by atoms with Crippen LogP contribution in [0.1, 0.15) is 19.8 Å². The van der Waals surface area contributed by atoms with Crippen LogP contribution in [0.3, 0.4) is 0 Å². The summed E-state index contributed by atoms with van der Waals surface area (Å²) in [5, 5.41) is 0. The molecule has 0 saturated heterocycles. The van der Waals surface area contributed by atoms with Crippen LogP contribution in [-0.4, -0.2) is 23.2 Å². The summed E-state index contributed by atoms with van der Waals surface area (Å²) in [6, 6.07) is 0.562. The van der Waals surface area contributed by atoms with Crippen LogP contribution in [0.15, 0.2) is 53.3 Å². The number of nitrogens with zero attached hydrogens (tertiary/aromatic N) is 2. The number of rotatable bonds is 1. The van der Waals surface area contributed by atoms with Gasteiger partial charge in [0.2, 0.25) is 0 Å². The van der Waals surface area contributed by atoms with Crippen LogP contribution in [0, 0.1) is 5.92 Å². The molecule has 2 heteroatoms. The molecule has 0 fully saturated rings. The van der Waals surface area contributed by atoms with Gasteiger partial charge in [-0.15, -0.1) is 0 Å². The van der Waals surface area contributed by atoms with Crippen molar-refractivity contribution in [1.29, 1.82) is 0 Å². The molecule has 88 valence electrons. The highest BCUT2D eigenvalue weighted by Gasteiger charge is 2.32. The molecule has 2 atom stereocenters. The lowest BCUT2D eigenvalue weighted by atomic mass is 9.79. The molecule has 0 aromatic carbocycles. The Hall–Kier alpha value is -1.57. The summed E-state index contributed by atoms with van der Waals surface area (Å²) in [7, 11) is 0. The van der Waals surface area contributed by atoms with E-state index in [4.69, 9.17) is 0 Å². The highest BCUT2D eigenvalue weighted by atomic mass is 15.1. The maximum atomic E-state index is 4.55. The number of hydrogen-bond acceptors (Lipinski definition) is 2. The lowest BCUT2D eigenvalue weighted by Crippen LogP contribution is -2.41. The zero-order valence-electron chi connectivity index (χ0n) is 10.2. The molecule has 3 rings (SSSR count). The lowest BCUT2D eigenvalue weighted by molar-refractivity contribution is 0.275. The van der Waals surface area contributed by atoms with Crippen LogP contribution in [0.2, 0.25) is 0 Å². The smallest absolute Gasteiger partial charge is 0.0457 e. The lowest BCUT2D eigenvalue weighted by Gasteiger charge is -2.41. The molecule has 2 unspecified atom stereocenters. The van der Waals surface area contributed by atoms with Crippen molar-refractivity contribution in [2.45, 2.75) is 25.8 Å². The van der Waals surface area contributed by atoms with E-state index in [1.54, 1.807) is 0 Å². The first-order valence-corrected chi connectivity index (χ1v) is 6.42. The Labute approximate surface area is 103 Å². The molecule has 2 nitrogen and oxygen atoms in total. The second kappa shape index (κ2) is 4.36. The van der Waals surface area contributed by atoms with Crippen molar-refractivity contribution in [3.63, 3.8) is 0 Å². The summed E-state index contributed by atoms with van der Waals surface area (Å²) in [4.78, 5) is 6.90. The van der Waals surface area contributed by atoms with Crippen molar-refractivity contribution in [3.05, 3.63) is 48.4 Å². The summed E-state index contributed by atoms with van der Waals surface area (Å²) in [6.07, 6.45) is 17.7. The van der Waals surface area contributed by atoms with Crippen LogP contribution in [0.5, 0.6) is 0 Å². The summed E-state index contributed by atoms with van der Waals surface area (Å²) < 4.78 is 0. The topological polar surface area (TPSA) is 15.6 Å². The van der Waals surface area contributed by atoms with Crippen molar-refractivity contribution in [1.82, 2.24) is 4.90 Å². The summed E-state index contributed by atoms with van der Waals surface area (Å²) in [6.45, 7) is 2.98. The Balaban J connectivity index is 1.91. The fraction of sp³-hybridized carbons (Fsp3) is 0.400. The molecule has 0 N–H and O–H groups in total. The number of fused-ring (bicyclic) bond motifs is 3. The molecule has 0 spiro atoms. The van der Waals surface area contributed by atoms with Crippen LogP contribution in [0.25, 0.3) is 0 Å². The quantitative estimate of drug-likeness (QED) is 0.671. The molecule has 17 heavy (non-hydrogen) atoms. The zero-order chi connectivity index (χ0) is 11.7. The fourth-order valence-electron chi connectivity index (χ4n) is 2.90. The Morgan fingerprint density at radius 3 is 3.12 bits per heavy atom. The van der Waals surface area contributed by atoms with Crippen LogP contribution < -0.4 is 0 Å². The number of aliphatic imine (C=N–C) groups is 1. The summed E-state index contributed by atoms with van der Waals surface area (Å²) in [5.41, 5.74) is 2.72. The molecule has 2 aliphatic heterocycles. The standard InChI is InChI=1S/C15H18N2/c1-2-16-13-8-10-17-9-7-12-5-3-4-6-14(12)15(17)11-13/h3-5,7-10,14-15H,2,6,11H2,1H3. The van der Waals surface area contributed by atoms with Gasteiger partial charge >= 0.3 is 0 Å². The SMILES string of the molecule is CCN=C1C=CN2C=CC3=CC=CCC3C2C1. The third-order valence-electron chi connectivity index (χ3n) is 3.75. The number of hydrogen-bond donors (Lipinski definition) is 0. The van der Waals surface area contributed by atoms with Gasteiger partial charge in [-0.1, -0.05) is 18.2 Å². The first-order chi connectivity index (χ1) is 8.38. The van der Waals surface area contributed by atoms with Gasteiger partial charge in [0.05, 0.1) is 0 Å². The Morgan fingerprint density at radius 2 is 2.24 bits per heavy atom. The van der Waals surface area contributed by atoms with Crippen molar-refractivity contribution >= 4 is 5.71 Å². The molecule has 0 saturated carbocycles. The minimum atomic E-state index is 0.562. The molecule has 0 radical (unpaired) electrons. The molecule has 0 bridgehead atoms. The molecular formula is C15H18N2. The van der Waals surface area contributed by atoms with E-state index in [2.05, 4.69) is 59.6 Å². The van der Waals surface area contributed by atoms with E-state index in [1.807, 2.05) is 0 Å². The first-order valence-electron chi connectivity index (χ1n) is 6.42. The average Bonchev–Trinajstić information content (AvgIpc) is 2.39. The molecular weight excluding hydrogens is 208 g/mol. The van der Waals surface area contributed by atoms with Crippen LogP contribution >= 0.6 is 0 Å². The van der Waals surface area contributed by atoms with Gasteiger partial charge in [0.1, 0.15) is 0 Å². The fourth-order valence-corrected chi connectivity index (χ4v) is 2.90. The minimum absolute atomic E-state index is 0.562. The largest absolute Gasteiger partial charge is 0.350 e. The number of allylic oxidation sites excluding steroid dienone is 5. The molecule has 3 aliphatic rings. The van der Waals surface area contributed by atoms with Gasteiger partial charge in [-0.25, -0.2) is 0 Å². The van der Waals surface area contributed by atoms with E-state index in [0.717, 1.165) is 19.4 Å². The van der Waals surface area contributed by atoms with Gasteiger partial charge in [0.15, 0.2) is 0 Å². The van der Waals surface area contributed by atoms with E-state index in [0.29, 0.717) is 12.0 Å². The summed E-state index contributed by atoms with van der Waals surface area (Å²) in [5.74, 6) is 0.636. The second-order valence-electron chi connectivity index (χ2n) is 4.75. The van der Waals surface area contributed by atoms with Crippen molar-refractivity contribution in [2.24, 2.45) is 10.9 Å². The molecule has 0 amide bonds. The zero-order valence-corrected chi connectivity index (χ0v) is 10.2. The van der Waals surface area contributed by atoms with Crippen molar-refractivity contribution in [2.75, 3.05) is 6.54 Å².